The molecule has 0 aromatic rings. The van der Waals surface area contributed by atoms with Gasteiger partial charge in [-0.15, -0.1) is 0 Å². The summed E-state index contributed by atoms with van der Waals surface area (Å²) >= 11 is 0. The minimum atomic E-state index is 0.227. The van der Waals surface area contributed by atoms with Crippen molar-refractivity contribution in [1.82, 2.24) is 10.6 Å². The van der Waals surface area contributed by atoms with Gasteiger partial charge in [0.2, 0.25) is 0 Å². The first kappa shape index (κ1) is 10.0. The van der Waals surface area contributed by atoms with Gasteiger partial charge in [-0.1, -0.05) is 6.92 Å². The molecule has 1 aliphatic carbocycles. The molecule has 1 fully saturated rings. The summed E-state index contributed by atoms with van der Waals surface area (Å²) in [5.74, 6) is 0. The van der Waals surface area contributed by atoms with Gasteiger partial charge in [0.15, 0.2) is 0 Å². The predicted octanol–water partition coefficient (Wildman–Crippen LogP) is 1.37. The van der Waals surface area contributed by atoms with Crippen LogP contribution in [0.15, 0.2) is 0 Å². The van der Waals surface area contributed by atoms with E-state index >= 15 is 0 Å². The van der Waals surface area contributed by atoms with Gasteiger partial charge < -0.3 is 10.6 Å². The van der Waals surface area contributed by atoms with Crippen LogP contribution in [0.4, 0.5) is 0 Å². The topological polar surface area (TPSA) is 24.1 Å². The molecular weight excluding hydrogens is 148 g/mol. The average molecular weight is 170 g/mol. The Labute approximate surface area is 76.1 Å². The highest BCUT2D eigenvalue weighted by Crippen LogP contribution is 2.43. The Bertz CT molecular complexity index is 148. The molecule has 0 radical (unpaired) electrons. The summed E-state index contributed by atoms with van der Waals surface area (Å²) in [6.07, 6.45) is 2.81. The van der Waals surface area contributed by atoms with Crippen LogP contribution in [0.2, 0.25) is 0 Å². The van der Waals surface area contributed by atoms with Crippen molar-refractivity contribution < 1.29 is 0 Å². The van der Waals surface area contributed by atoms with E-state index in [0.717, 1.165) is 6.54 Å². The third-order valence-electron chi connectivity index (χ3n) is 2.90. The van der Waals surface area contributed by atoms with Gasteiger partial charge >= 0.3 is 0 Å². The first-order valence-corrected chi connectivity index (χ1v) is 4.87. The highest BCUT2D eigenvalue weighted by Gasteiger charge is 2.36. The van der Waals surface area contributed by atoms with Gasteiger partial charge in [0.1, 0.15) is 0 Å². The van der Waals surface area contributed by atoms with E-state index in [0.29, 0.717) is 5.41 Å². The van der Waals surface area contributed by atoms with Gasteiger partial charge in [0.25, 0.3) is 0 Å². The second kappa shape index (κ2) is 3.35. The summed E-state index contributed by atoms with van der Waals surface area (Å²) in [5, 5.41) is 6.80. The number of nitrogens with one attached hydrogen (secondary N) is 2. The van der Waals surface area contributed by atoms with E-state index in [9.17, 15) is 0 Å². The van der Waals surface area contributed by atoms with E-state index in [2.05, 4.69) is 31.4 Å². The molecule has 2 nitrogen and oxygen atoms in total. The zero-order valence-electron chi connectivity index (χ0n) is 8.83. The standard InChI is InChI=1S/C10H22N2/c1-9(2,11-4)7-12-8-10(3)5-6-10/h11-12H,5-8H2,1-4H3. The maximum atomic E-state index is 3.52. The fraction of sp³-hybridized carbons (Fsp3) is 1.00. The summed E-state index contributed by atoms with van der Waals surface area (Å²) < 4.78 is 0. The SMILES string of the molecule is CNC(C)(C)CNCC1(C)CC1. The molecule has 0 aliphatic heterocycles. The van der Waals surface area contributed by atoms with Crippen molar-refractivity contribution in [3.8, 4) is 0 Å². The van der Waals surface area contributed by atoms with Gasteiger partial charge in [-0.25, -0.2) is 0 Å². The normalized spacial score (nSPS) is 21.0. The summed E-state index contributed by atoms with van der Waals surface area (Å²) in [6, 6.07) is 0. The zero-order valence-corrected chi connectivity index (χ0v) is 8.83. The van der Waals surface area contributed by atoms with Gasteiger partial charge in [-0.05, 0) is 39.2 Å². The molecule has 0 heterocycles. The molecule has 2 heteroatoms. The summed E-state index contributed by atoms with van der Waals surface area (Å²) in [6.45, 7) is 9.02. The van der Waals surface area contributed by atoms with Crippen LogP contribution in [0.5, 0.6) is 0 Å². The second-order valence-corrected chi connectivity index (χ2v) is 5.05. The Balaban J connectivity index is 2.09. The third-order valence-corrected chi connectivity index (χ3v) is 2.90. The van der Waals surface area contributed by atoms with Crippen LogP contribution < -0.4 is 10.6 Å². The fourth-order valence-electron chi connectivity index (χ4n) is 1.16. The van der Waals surface area contributed by atoms with Crippen molar-refractivity contribution in [1.29, 1.82) is 0 Å². The number of hydrogen-bond acceptors (Lipinski definition) is 2. The molecule has 1 rings (SSSR count). The van der Waals surface area contributed by atoms with Crippen LogP contribution in [0.3, 0.4) is 0 Å². The molecule has 12 heavy (non-hydrogen) atoms. The van der Waals surface area contributed by atoms with E-state index in [1.165, 1.54) is 19.4 Å². The minimum absolute atomic E-state index is 0.227. The van der Waals surface area contributed by atoms with Crippen LogP contribution in [-0.2, 0) is 0 Å². The van der Waals surface area contributed by atoms with Crippen molar-refractivity contribution >= 4 is 0 Å². The molecule has 1 aliphatic rings. The molecule has 0 aromatic heterocycles. The lowest BCUT2D eigenvalue weighted by Crippen LogP contribution is -2.46. The molecule has 0 spiro atoms. The second-order valence-electron chi connectivity index (χ2n) is 5.05. The number of hydrogen-bond donors (Lipinski definition) is 2. The number of rotatable bonds is 5. The maximum Gasteiger partial charge on any atom is 0.0246 e. The van der Waals surface area contributed by atoms with Crippen molar-refractivity contribution in [2.24, 2.45) is 5.41 Å². The Kier molecular flexibility index (Phi) is 2.79. The monoisotopic (exact) mass is 170 g/mol. The first-order valence-electron chi connectivity index (χ1n) is 4.87. The summed E-state index contributed by atoms with van der Waals surface area (Å²) in [7, 11) is 2.01. The average Bonchev–Trinajstić information content (AvgIpc) is 2.68. The van der Waals surface area contributed by atoms with Gasteiger partial charge in [0, 0.05) is 18.6 Å². The molecule has 72 valence electrons. The lowest BCUT2D eigenvalue weighted by molar-refractivity contribution is 0.372. The van der Waals surface area contributed by atoms with Crippen molar-refractivity contribution in [2.75, 3.05) is 20.1 Å². The summed E-state index contributed by atoms with van der Waals surface area (Å²) in [4.78, 5) is 0. The van der Waals surface area contributed by atoms with Crippen LogP contribution in [0.1, 0.15) is 33.6 Å². The van der Waals surface area contributed by atoms with Crippen molar-refractivity contribution in [3.63, 3.8) is 0 Å². The third kappa shape index (κ3) is 3.11. The van der Waals surface area contributed by atoms with Crippen LogP contribution in [-0.4, -0.2) is 25.7 Å². The Morgan fingerprint density at radius 3 is 2.33 bits per heavy atom. The van der Waals surface area contributed by atoms with E-state index in [-0.39, 0.29) is 5.54 Å². The van der Waals surface area contributed by atoms with Crippen molar-refractivity contribution in [3.05, 3.63) is 0 Å². The zero-order chi connectivity index (χ0) is 9.24. The minimum Gasteiger partial charge on any atom is -0.314 e. The Hall–Kier alpha value is -0.0800. The van der Waals surface area contributed by atoms with Crippen molar-refractivity contribution in [2.45, 2.75) is 39.2 Å². The first-order chi connectivity index (χ1) is 5.47. The molecule has 0 unspecified atom stereocenters. The van der Waals surface area contributed by atoms with E-state index in [1.54, 1.807) is 0 Å². The molecule has 0 aromatic carbocycles. The van der Waals surface area contributed by atoms with E-state index in [4.69, 9.17) is 0 Å². The Morgan fingerprint density at radius 2 is 1.92 bits per heavy atom. The molecule has 2 N–H and O–H groups in total. The van der Waals surface area contributed by atoms with E-state index < -0.39 is 0 Å². The predicted molar refractivity (Wildman–Crippen MR) is 53.3 cm³/mol. The van der Waals surface area contributed by atoms with Gasteiger partial charge in [0.05, 0.1) is 0 Å². The lowest BCUT2D eigenvalue weighted by atomic mass is 10.1. The van der Waals surface area contributed by atoms with Crippen LogP contribution in [0.25, 0.3) is 0 Å². The van der Waals surface area contributed by atoms with Gasteiger partial charge in [-0.3, -0.25) is 0 Å². The van der Waals surface area contributed by atoms with E-state index in [1.807, 2.05) is 7.05 Å². The molecule has 0 saturated heterocycles. The maximum absolute atomic E-state index is 3.52. The molecule has 1 saturated carbocycles. The lowest BCUT2D eigenvalue weighted by Gasteiger charge is -2.25. The molecule has 0 atom stereocenters. The number of likely N-dealkylation sites (N-methyl/N-ethyl adjacent to an activating group) is 1. The van der Waals surface area contributed by atoms with Crippen LogP contribution >= 0.6 is 0 Å². The summed E-state index contributed by atoms with van der Waals surface area (Å²) in [5.41, 5.74) is 0.856. The molecule has 0 amide bonds. The highest BCUT2D eigenvalue weighted by atomic mass is 15.0. The smallest absolute Gasteiger partial charge is 0.0246 e. The van der Waals surface area contributed by atoms with Gasteiger partial charge in [-0.2, -0.15) is 0 Å². The fourth-order valence-corrected chi connectivity index (χ4v) is 1.16. The molecule has 0 bridgehead atoms. The molecular formula is C10H22N2. The Morgan fingerprint density at radius 1 is 1.33 bits per heavy atom. The largest absolute Gasteiger partial charge is 0.314 e. The quantitative estimate of drug-likeness (QED) is 0.651. The highest BCUT2D eigenvalue weighted by molar-refractivity contribution is 4.91. The van der Waals surface area contributed by atoms with Crippen LogP contribution in [0, 0.1) is 5.41 Å².